The second kappa shape index (κ2) is 4.22. The smallest absolute Gasteiger partial charge is 0.214 e. The number of aryl methyl sites for hydroxylation is 1. The Hall–Kier alpha value is -0.880. The van der Waals surface area contributed by atoms with E-state index in [1.165, 1.54) is 4.68 Å². The van der Waals surface area contributed by atoms with Gasteiger partial charge in [0.25, 0.3) is 0 Å². The number of aliphatic hydroxyl groups excluding tert-OH is 1. The lowest BCUT2D eigenvalue weighted by atomic mass is 10.2. The molecular formula is C6H12N4OS. The van der Waals surface area contributed by atoms with E-state index >= 15 is 0 Å². The fourth-order valence-electron chi connectivity index (χ4n) is 0.909. The number of aliphatic hydroxyl groups is 1. The summed E-state index contributed by atoms with van der Waals surface area (Å²) in [4.78, 5) is 0. The Balaban J connectivity index is 2.52. The minimum Gasteiger partial charge on any atom is -0.396 e. The Morgan fingerprint density at radius 1 is 1.58 bits per heavy atom. The fourth-order valence-corrected chi connectivity index (χ4v) is 1.06. The molecule has 0 saturated carbocycles. The summed E-state index contributed by atoms with van der Waals surface area (Å²) in [5.41, 5.74) is 0. The molecule has 0 unspecified atom stereocenters. The summed E-state index contributed by atoms with van der Waals surface area (Å²) >= 11 is 4.82. The molecule has 0 aliphatic heterocycles. The molecule has 0 saturated heterocycles. The minimum absolute atomic E-state index is 0.204. The van der Waals surface area contributed by atoms with Gasteiger partial charge in [-0.1, -0.05) is 0 Å². The molecule has 1 aromatic rings. The van der Waals surface area contributed by atoms with Crippen molar-refractivity contribution in [2.45, 2.75) is 19.3 Å². The van der Waals surface area contributed by atoms with E-state index in [9.17, 15) is 0 Å². The van der Waals surface area contributed by atoms with E-state index in [-0.39, 0.29) is 6.61 Å². The van der Waals surface area contributed by atoms with Crippen LogP contribution in [0.5, 0.6) is 0 Å². The van der Waals surface area contributed by atoms with Crippen LogP contribution < -0.4 is 5.84 Å². The van der Waals surface area contributed by atoms with Crippen molar-refractivity contribution in [1.82, 2.24) is 14.9 Å². The number of unbranched alkanes of at least 4 members (excludes halogenated alkanes) is 1. The molecule has 0 aromatic carbocycles. The molecular weight excluding hydrogens is 176 g/mol. The second-order valence-electron chi connectivity index (χ2n) is 2.50. The van der Waals surface area contributed by atoms with Gasteiger partial charge < -0.3 is 10.9 Å². The van der Waals surface area contributed by atoms with E-state index < -0.39 is 0 Å². The van der Waals surface area contributed by atoms with Gasteiger partial charge in [0, 0.05) is 13.0 Å². The van der Waals surface area contributed by atoms with Crippen molar-refractivity contribution in [3.05, 3.63) is 10.6 Å². The van der Waals surface area contributed by atoms with Crippen molar-refractivity contribution in [1.29, 1.82) is 0 Å². The van der Waals surface area contributed by atoms with Crippen LogP contribution in [0, 0.1) is 4.77 Å². The first-order chi connectivity index (χ1) is 5.75. The summed E-state index contributed by atoms with van der Waals surface area (Å²) in [6.45, 7) is 0.204. The van der Waals surface area contributed by atoms with Gasteiger partial charge in [-0.05, 0) is 25.1 Å². The molecule has 0 amide bonds. The molecule has 5 nitrogen and oxygen atoms in total. The van der Waals surface area contributed by atoms with Gasteiger partial charge in [0.2, 0.25) is 4.77 Å². The predicted molar refractivity (Wildman–Crippen MR) is 47.6 cm³/mol. The SMILES string of the molecule is Nn1c(CCCCO)n[nH]c1=S. The van der Waals surface area contributed by atoms with Gasteiger partial charge in [-0.2, -0.15) is 5.10 Å². The molecule has 0 aliphatic carbocycles. The summed E-state index contributed by atoms with van der Waals surface area (Å²) in [6.07, 6.45) is 2.37. The van der Waals surface area contributed by atoms with Crippen molar-refractivity contribution in [2.75, 3.05) is 12.4 Å². The first-order valence-electron chi connectivity index (χ1n) is 3.78. The van der Waals surface area contributed by atoms with Crippen LogP contribution >= 0.6 is 12.2 Å². The van der Waals surface area contributed by atoms with E-state index in [0.717, 1.165) is 25.1 Å². The zero-order valence-corrected chi connectivity index (χ0v) is 7.47. The number of aromatic amines is 1. The largest absolute Gasteiger partial charge is 0.396 e. The number of nitrogens with two attached hydrogens (primary N) is 1. The summed E-state index contributed by atoms with van der Waals surface area (Å²) in [7, 11) is 0. The maximum absolute atomic E-state index is 8.53. The number of hydrogen-bond donors (Lipinski definition) is 3. The zero-order valence-electron chi connectivity index (χ0n) is 6.66. The van der Waals surface area contributed by atoms with E-state index in [4.69, 9.17) is 23.2 Å². The summed E-state index contributed by atoms with van der Waals surface area (Å²) in [5.74, 6) is 6.27. The molecule has 4 N–H and O–H groups in total. The first kappa shape index (κ1) is 9.21. The zero-order chi connectivity index (χ0) is 8.97. The van der Waals surface area contributed by atoms with Crippen LogP contribution in [0.2, 0.25) is 0 Å². The van der Waals surface area contributed by atoms with Gasteiger partial charge in [-0.25, -0.2) is 4.68 Å². The summed E-state index contributed by atoms with van der Waals surface area (Å²) < 4.78 is 1.78. The Labute approximate surface area is 75.2 Å². The molecule has 0 spiro atoms. The number of aromatic nitrogens is 3. The monoisotopic (exact) mass is 188 g/mol. The molecule has 68 valence electrons. The summed E-state index contributed by atoms with van der Waals surface area (Å²) in [6, 6.07) is 0. The lowest BCUT2D eigenvalue weighted by molar-refractivity contribution is 0.284. The van der Waals surface area contributed by atoms with Crippen LogP contribution in [0.1, 0.15) is 18.7 Å². The van der Waals surface area contributed by atoms with Crippen molar-refractivity contribution >= 4 is 12.2 Å². The average molecular weight is 188 g/mol. The third kappa shape index (κ3) is 2.05. The third-order valence-corrected chi connectivity index (χ3v) is 1.87. The van der Waals surface area contributed by atoms with Crippen LogP contribution in [0.3, 0.4) is 0 Å². The van der Waals surface area contributed by atoms with Gasteiger partial charge in [-0.3, -0.25) is 5.10 Å². The number of nitrogen functional groups attached to an aromatic ring is 1. The van der Waals surface area contributed by atoms with Gasteiger partial charge in [-0.15, -0.1) is 0 Å². The van der Waals surface area contributed by atoms with Crippen LogP contribution in [-0.4, -0.2) is 26.6 Å². The van der Waals surface area contributed by atoms with Crippen LogP contribution in [0.25, 0.3) is 0 Å². The molecule has 0 bridgehead atoms. The second-order valence-corrected chi connectivity index (χ2v) is 2.88. The molecule has 0 radical (unpaired) electrons. The molecule has 0 fully saturated rings. The highest BCUT2D eigenvalue weighted by atomic mass is 32.1. The van der Waals surface area contributed by atoms with Gasteiger partial charge in [0.1, 0.15) is 0 Å². The Bertz CT molecular complexity index is 292. The minimum atomic E-state index is 0.204. The Morgan fingerprint density at radius 3 is 2.83 bits per heavy atom. The topological polar surface area (TPSA) is 79.9 Å². The quantitative estimate of drug-likeness (QED) is 0.352. The van der Waals surface area contributed by atoms with Crippen LogP contribution in [-0.2, 0) is 6.42 Å². The first-order valence-corrected chi connectivity index (χ1v) is 4.18. The number of hydrogen-bond acceptors (Lipinski definition) is 4. The van der Waals surface area contributed by atoms with E-state index in [1.807, 2.05) is 0 Å². The number of nitrogens with one attached hydrogen (secondary N) is 1. The highest BCUT2D eigenvalue weighted by Gasteiger charge is 2.01. The summed E-state index contributed by atoms with van der Waals surface area (Å²) in [5, 5.41) is 15.1. The number of rotatable bonds is 4. The van der Waals surface area contributed by atoms with Gasteiger partial charge in [0.05, 0.1) is 0 Å². The Morgan fingerprint density at radius 2 is 2.33 bits per heavy atom. The molecule has 1 heterocycles. The van der Waals surface area contributed by atoms with Crippen LogP contribution in [0.4, 0.5) is 0 Å². The lowest BCUT2D eigenvalue weighted by Crippen LogP contribution is -2.12. The molecule has 12 heavy (non-hydrogen) atoms. The third-order valence-electron chi connectivity index (χ3n) is 1.59. The van der Waals surface area contributed by atoms with Crippen molar-refractivity contribution in [3.63, 3.8) is 0 Å². The van der Waals surface area contributed by atoms with Crippen molar-refractivity contribution < 1.29 is 5.11 Å². The van der Waals surface area contributed by atoms with Crippen molar-refractivity contribution in [3.8, 4) is 0 Å². The highest BCUT2D eigenvalue weighted by molar-refractivity contribution is 7.71. The standard InChI is InChI=1S/C6H12N4OS/c7-10-5(3-1-2-4-11)8-9-6(10)12/h11H,1-4,7H2,(H,9,12). The molecule has 0 aliphatic rings. The molecule has 1 aromatic heterocycles. The van der Waals surface area contributed by atoms with Crippen molar-refractivity contribution in [2.24, 2.45) is 0 Å². The van der Waals surface area contributed by atoms with E-state index in [0.29, 0.717) is 4.77 Å². The molecule has 1 rings (SSSR count). The van der Waals surface area contributed by atoms with E-state index in [1.54, 1.807) is 0 Å². The average Bonchev–Trinajstić information content (AvgIpc) is 2.36. The number of nitrogens with zero attached hydrogens (tertiary/aromatic N) is 2. The molecule has 6 heteroatoms. The molecule has 0 atom stereocenters. The lowest BCUT2D eigenvalue weighted by Gasteiger charge is -1.97. The fraction of sp³-hybridized carbons (Fsp3) is 0.667. The maximum atomic E-state index is 8.53. The predicted octanol–water partition coefficient (Wildman–Crippen LogP) is -0.0305. The van der Waals surface area contributed by atoms with Gasteiger partial charge >= 0.3 is 0 Å². The normalized spacial score (nSPS) is 10.4. The van der Waals surface area contributed by atoms with Crippen LogP contribution in [0.15, 0.2) is 0 Å². The maximum Gasteiger partial charge on any atom is 0.214 e. The van der Waals surface area contributed by atoms with Gasteiger partial charge in [0.15, 0.2) is 5.82 Å². The number of H-pyrrole nitrogens is 1. The highest BCUT2D eigenvalue weighted by Crippen LogP contribution is 1.99. The van der Waals surface area contributed by atoms with E-state index in [2.05, 4.69) is 10.2 Å². The Kier molecular flexibility index (Phi) is 3.24.